The zero-order chi connectivity index (χ0) is 13.3. The second-order valence-electron chi connectivity index (χ2n) is 6.46. The highest BCUT2D eigenvalue weighted by Crippen LogP contribution is 2.37. The van der Waals surface area contributed by atoms with E-state index < -0.39 is 0 Å². The fourth-order valence-corrected chi connectivity index (χ4v) is 3.84. The van der Waals surface area contributed by atoms with Crippen molar-refractivity contribution in [1.29, 1.82) is 0 Å². The lowest BCUT2D eigenvalue weighted by Gasteiger charge is -2.26. The van der Waals surface area contributed by atoms with E-state index in [1.54, 1.807) is 0 Å². The lowest BCUT2D eigenvalue weighted by molar-refractivity contribution is 0.418. The van der Waals surface area contributed by atoms with Gasteiger partial charge in [-0.15, -0.1) is 0 Å². The molecule has 1 atom stereocenters. The van der Waals surface area contributed by atoms with Gasteiger partial charge in [-0.3, -0.25) is 0 Å². The fourth-order valence-electron chi connectivity index (χ4n) is 2.62. The molecule has 0 fully saturated rings. The number of thiazole rings is 1. The van der Waals surface area contributed by atoms with E-state index in [2.05, 4.69) is 45.1 Å². The van der Waals surface area contributed by atoms with Gasteiger partial charge in [-0.05, 0) is 31.7 Å². The first-order valence-corrected chi connectivity index (χ1v) is 7.60. The molecule has 4 heteroatoms. The summed E-state index contributed by atoms with van der Waals surface area (Å²) in [4.78, 5) is 8.60. The minimum absolute atomic E-state index is 0.309. The molecule has 1 aliphatic carbocycles. The Bertz CT molecular complexity index is 406. The number of nitrogens with one attached hydrogen (secondary N) is 1. The quantitative estimate of drug-likeness (QED) is 0.911. The molecule has 1 aromatic rings. The Labute approximate surface area is 115 Å². The highest BCUT2D eigenvalue weighted by atomic mass is 32.1. The van der Waals surface area contributed by atoms with E-state index >= 15 is 0 Å². The zero-order valence-corrected chi connectivity index (χ0v) is 13.0. The van der Waals surface area contributed by atoms with Crippen molar-refractivity contribution in [2.45, 2.75) is 46.1 Å². The average Bonchev–Trinajstić information content (AvgIpc) is 2.70. The third-order valence-electron chi connectivity index (χ3n) is 3.33. The first kappa shape index (κ1) is 13.8. The molecule has 102 valence electrons. The molecule has 1 heterocycles. The van der Waals surface area contributed by atoms with Crippen LogP contribution in [0.5, 0.6) is 0 Å². The molecular formula is C14H25N3S. The Morgan fingerprint density at radius 1 is 1.44 bits per heavy atom. The highest BCUT2D eigenvalue weighted by Gasteiger charge is 2.25. The monoisotopic (exact) mass is 267 g/mol. The van der Waals surface area contributed by atoms with Crippen LogP contribution in [0, 0.1) is 5.41 Å². The van der Waals surface area contributed by atoms with E-state index in [9.17, 15) is 0 Å². The van der Waals surface area contributed by atoms with E-state index in [-0.39, 0.29) is 0 Å². The van der Waals surface area contributed by atoms with Gasteiger partial charge in [-0.1, -0.05) is 32.1 Å². The minimum atomic E-state index is 0.309. The summed E-state index contributed by atoms with van der Waals surface area (Å²) in [7, 11) is 4.21. The summed E-state index contributed by atoms with van der Waals surface area (Å²) in [5.41, 5.74) is 1.63. The first-order valence-electron chi connectivity index (χ1n) is 6.79. The van der Waals surface area contributed by atoms with Crippen molar-refractivity contribution in [1.82, 2.24) is 10.3 Å². The lowest BCUT2D eigenvalue weighted by atomic mass is 9.96. The van der Waals surface area contributed by atoms with Gasteiger partial charge in [0.1, 0.15) is 0 Å². The molecule has 0 aliphatic heterocycles. The van der Waals surface area contributed by atoms with Gasteiger partial charge in [0.2, 0.25) is 0 Å². The van der Waals surface area contributed by atoms with Crippen LogP contribution in [0.15, 0.2) is 0 Å². The molecule has 18 heavy (non-hydrogen) atoms. The molecule has 0 saturated carbocycles. The van der Waals surface area contributed by atoms with Crippen LogP contribution < -0.4 is 10.2 Å². The SMILES string of the molecule is CNC1CCCc2nc(N(C)CC(C)(C)C)sc21. The van der Waals surface area contributed by atoms with Crippen molar-refractivity contribution >= 4 is 16.5 Å². The van der Waals surface area contributed by atoms with Gasteiger partial charge in [0, 0.05) is 24.5 Å². The van der Waals surface area contributed by atoms with Crippen molar-refractivity contribution in [3.05, 3.63) is 10.6 Å². The topological polar surface area (TPSA) is 28.2 Å². The van der Waals surface area contributed by atoms with Gasteiger partial charge in [0.05, 0.1) is 5.69 Å². The van der Waals surface area contributed by atoms with Crippen molar-refractivity contribution in [3.8, 4) is 0 Å². The largest absolute Gasteiger partial charge is 0.351 e. The summed E-state index contributed by atoms with van der Waals surface area (Å²) in [6, 6.07) is 0.517. The van der Waals surface area contributed by atoms with E-state index in [0.29, 0.717) is 11.5 Å². The van der Waals surface area contributed by atoms with E-state index in [4.69, 9.17) is 4.98 Å². The molecule has 0 amide bonds. The van der Waals surface area contributed by atoms with E-state index in [0.717, 1.165) is 13.0 Å². The van der Waals surface area contributed by atoms with E-state index in [1.807, 2.05) is 11.3 Å². The molecule has 0 saturated heterocycles. The highest BCUT2D eigenvalue weighted by molar-refractivity contribution is 7.15. The Hall–Kier alpha value is -0.610. The van der Waals surface area contributed by atoms with Crippen molar-refractivity contribution < 1.29 is 0 Å². The van der Waals surface area contributed by atoms with Crippen LogP contribution in [-0.2, 0) is 6.42 Å². The standard InChI is InChI=1S/C14H25N3S/c1-14(2,3)9-17(5)13-16-11-8-6-7-10(15-4)12(11)18-13/h10,15H,6-9H2,1-5H3. The smallest absolute Gasteiger partial charge is 0.185 e. The minimum Gasteiger partial charge on any atom is -0.351 e. The number of aryl methyl sites for hydroxylation is 1. The first-order chi connectivity index (χ1) is 8.40. The molecule has 0 bridgehead atoms. The molecule has 3 nitrogen and oxygen atoms in total. The predicted molar refractivity (Wildman–Crippen MR) is 79.6 cm³/mol. The Kier molecular flexibility index (Phi) is 3.97. The van der Waals surface area contributed by atoms with Crippen molar-refractivity contribution in [3.63, 3.8) is 0 Å². The number of hydrogen-bond donors (Lipinski definition) is 1. The van der Waals surface area contributed by atoms with Crippen LogP contribution in [-0.4, -0.2) is 25.6 Å². The number of nitrogens with zero attached hydrogens (tertiary/aromatic N) is 2. The zero-order valence-electron chi connectivity index (χ0n) is 12.2. The van der Waals surface area contributed by atoms with Gasteiger partial charge >= 0.3 is 0 Å². The van der Waals surface area contributed by atoms with Gasteiger partial charge in [0.25, 0.3) is 0 Å². The summed E-state index contributed by atoms with van der Waals surface area (Å²) in [6.07, 6.45) is 3.64. The predicted octanol–water partition coefficient (Wildman–Crippen LogP) is 3.22. The van der Waals surface area contributed by atoms with Crippen molar-refractivity contribution in [2.75, 3.05) is 25.5 Å². The van der Waals surface area contributed by atoms with Gasteiger partial charge < -0.3 is 10.2 Å². The Morgan fingerprint density at radius 2 is 2.17 bits per heavy atom. The maximum Gasteiger partial charge on any atom is 0.185 e. The fraction of sp³-hybridized carbons (Fsp3) is 0.786. The molecule has 0 aromatic carbocycles. The van der Waals surface area contributed by atoms with E-state index in [1.165, 1.54) is 28.5 Å². The van der Waals surface area contributed by atoms with Gasteiger partial charge in [-0.2, -0.15) is 0 Å². The lowest BCUT2D eigenvalue weighted by Crippen LogP contribution is -2.28. The van der Waals surface area contributed by atoms with Crippen LogP contribution in [0.2, 0.25) is 0 Å². The van der Waals surface area contributed by atoms with Crippen LogP contribution in [0.25, 0.3) is 0 Å². The number of hydrogen-bond acceptors (Lipinski definition) is 4. The molecule has 0 spiro atoms. The van der Waals surface area contributed by atoms with Crippen LogP contribution >= 0.6 is 11.3 Å². The van der Waals surface area contributed by atoms with Crippen LogP contribution in [0.3, 0.4) is 0 Å². The molecule has 1 unspecified atom stereocenters. The number of aromatic nitrogens is 1. The molecule has 0 radical (unpaired) electrons. The number of fused-ring (bicyclic) bond motifs is 1. The number of rotatable bonds is 3. The summed E-state index contributed by atoms with van der Waals surface area (Å²) >= 11 is 1.87. The number of anilines is 1. The second kappa shape index (κ2) is 5.17. The molecule has 1 aromatic heterocycles. The van der Waals surface area contributed by atoms with Crippen LogP contribution in [0.1, 0.15) is 50.2 Å². The molecule has 1 aliphatic rings. The van der Waals surface area contributed by atoms with Gasteiger partial charge in [-0.25, -0.2) is 4.98 Å². The normalized spacial score (nSPS) is 19.7. The Morgan fingerprint density at radius 3 is 2.78 bits per heavy atom. The third-order valence-corrected chi connectivity index (χ3v) is 4.65. The molecule has 1 N–H and O–H groups in total. The van der Waals surface area contributed by atoms with Crippen molar-refractivity contribution in [2.24, 2.45) is 5.41 Å². The van der Waals surface area contributed by atoms with Gasteiger partial charge in [0.15, 0.2) is 5.13 Å². The summed E-state index contributed by atoms with van der Waals surface area (Å²) < 4.78 is 0. The summed E-state index contributed by atoms with van der Waals surface area (Å²) in [5.74, 6) is 0. The summed E-state index contributed by atoms with van der Waals surface area (Å²) in [6.45, 7) is 7.86. The third kappa shape index (κ3) is 3.04. The maximum absolute atomic E-state index is 4.84. The summed E-state index contributed by atoms with van der Waals surface area (Å²) in [5, 5.41) is 4.59. The second-order valence-corrected chi connectivity index (χ2v) is 7.47. The van der Waals surface area contributed by atoms with Crippen LogP contribution in [0.4, 0.5) is 5.13 Å². The maximum atomic E-state index is 4.84. The molecular weight excluding hydrogens is 242 g/mol. The Balaban J connectivity index is 2.18. The molecule has 2 rings (SSSR count). The average molecular weight is 267 g/mol.